The van der Waals surface area contributed by atoms with Crippen LogP contribution < -0.4 is 39.4 Å². The number of rotatable bonds is 4. The fourth-order valence-corrected chi connectivity index (χ4v) is 1.06. The molecule has 0 aliphatic carbocycles. The number of aryl methyl sites for hydroxylation is 1. The number of carboxylic acids is 1. The molecular weight excluding hydrogens is 203 g/mol. The summed E-state index contributed by atoms with van der Waals surface area (Å²) in [5.74, 6) is -0.650. The average Bonchev–Trinajstić information content (AvgIpc) is 2.19. The van der Waals surface area contributed by atoms with Gasteiger partial charge in [0, 0.05) is 0 Å². The van der Waals surface area contributed by atoms with Gasteiger partial charge in [0.05, 0.1) is 5.97 Å². The molecule has 4 heteroatoms. The predicted octanol–water partition coefficient (Wildman–Crippen LogP) is -2.23. The SMILES string of the molecule is CCc1ccc(OC(C)C(=O)[O-])cc1.[Na+]. The van der Waals surface area contributed by atoms with Gasteiger partial charge in [0.25, 0.3) is 0 Å². The zero-order chi connectivity index (χ0) is 10.6. The van der Waals surface area contributed by atoms with Crippen LogP contribution in [-0.2, 0) is 11.2 Å². The first-order valence-corrected chi connectivity index (χ1v) is 4.60. The Morgan fingerprint density at radius 3 is 2.33 bits per heavy atom. The van der Waals surface area contributed by atoms with E-state index in [4.69, 9.17) is 4.74 Å². The fourth-order valence-electron chi connectivity index (χ4n) is 1.06. The van der Waals surface area contributed by atoms with Crippen molar-refractivity contribution in [2.75, 3.05) is 0 Å². The van der Waals surface area contributed by atoms with Gasteiger partial charge >= 0.3 is 29.6 Å². The van der Waals surface area contributed by atoms with E-state index in [2.05, 4.69) is 6.92 Å². The van der Waals surface area contributed by atoms with Crippen LogP contribution in [0.15, 0.2) is 24.3 Å². The summed E-state index contributed by atoms with van der Waals surface area (Å²) in [6.07, 6.45) is 0.0403. The number of benzene rings is 1. The molecule has 0 aliphatic heterocycles. The number of hydrogen-bond donors (Lipinski definition) is 0. The quantitative estimate of drug-likeness (QED) is 0.535. The standard InChI is InChI=1S/C11H14O3.Na/c1-3-9-4-6-10(7-5-9)14-8(2)11(12)13;/h4-8H,3H2,1-2H3,(H,12,13);/q;+1/p-1. The Kier molecular flexibility index (Phi) is 6.65. The number of carbonyl (C=O) groups excluding carboxylic acids is 1. The predicted molar refractivity (Wildman–Crippen MR) is 50.9 cm³/mol. The van der Waals surface area contributed by atoms with E-state index in [9.17, 15) is 9.90 Å². The Morgan fingerprint density at radius 2 is 1.93 bits per heavy atom. The second-order valence-corrected chi connectivity index (χ2v) is 3.08. The molecule has 3 nitrogen and oxygen atoms in total. The Balaban J connectivity index is 0.00000196. The second kappa shape index (κ2) is 6.88. The first kappa shape index (κ1) is 14.5. The first-order valence-electron chi connectivity index (χ1n) is 4.60. The minimum Gasteiger partial charge on any atom is -0.546 e. The van der Waals surface area contributed by atoms with E-state index in [0.717, 1.165) is 6.42 Å². The van der Waals surface area contributed by atoms with E-state index < -0.39 is 12.1 Å². The minimum absolute atomic E-state index is 0. The van der Waals surface area contributed by atoms with Crippen LogP contribution in [0.25, 0.3) is 0 Å². The molecule has 0 saturated heterocycles. The molecule has 1 rings (SSSR count). The zero-order valence-corrected chi connectivity index (χ0v) is 11.3. The third kappa shape index (κ3) is 4.69. The van der Waals surface area contributed by atoms with Gasteiger partial charge < -0.3 is 14.6 Å². The van der Waals surface area contributed by atoms with E-state index in [1.807, 2.05) is 12.1 Å². The molecule has 0 heterocycles. The zero-order valence-electron chi connectivity index (χ0n) is 9.32. The monoisotopic (exact) mass is 216 g/mol. The molecule has 15 heavy (non-hydrogen) atoms. The molecule has 0 aliphatic rings. The van der Waals surface area contributed by atoms with Crippen molar-refractivity contribution in [3.05, 3.63) is 29.8 Å². The molecule has 0 saturated carbocycles. The van der Waals surface area contributed by atoms with Crippen molar-refractivity contribution in [3.8, 4) is 5.75 Å². The molecule has 1 aromatic rings. The summed E-state index contributed by atoms with van der Waals surface area (Å²) in [6, 6.07) is 7.35. The summed E-state index contributed by atoms with van der Waals surface area (Å²) in [4.78, 5) is 10.4. The summed E-state index contributed by atoms with van der Waals surface area (Å²) in [6.45, 7) is 3.50. The van der Waals surface area contributed by atoms with Gasteiger partial charge in [-0.1, -0.05) is 19.1 Å². The molecule has 0 bridgehead atoms. The van der Waals surface area contributed by atoms with Crippen molar-refractivity contribution >= 4 is 5.97 Å². The molecule has 0 radical (unpaired) electrons. The van der Waals surface area contributed by atoms with Crippen LogP contribution in [0.4, 0.5) is 0 Å². The van der Waals surface area contributed by atoms with Crippen LogP contribution >= 0.6 is 0 Å². The van der Waals surface area contributed by atoms with Crippen LogP contribution in [0, 0.1) is 0 Å². The third-order valence-corrected chi connectivity index (χ3v) is 1.98. The second-order valence-electron chi connectivity index (χ2n) is 3.08. The molecule has 1 atom stereocenters. The maximum absolute atomic E-state index is 10.4. The molecule has 0 fully saturated rings. The molecule has 0 aromatic heterocycles. The smallest absolute Gasteiger partial charge is 0.546 e. The van der Waals surface area contributed by atoms with E-state index >= 15 is 0 Å². The van der Waals surface area contributed by atoms with Gasteiger partial charge in [-0.05, 0) is 31.0 Å². The summed E-state index contributed by atoms with van der Waals surface area (Å²) in [5, 5.41) is 10.4. The number of aliphatic carboxylic acids is 1. The van der Waals surface area contributed by atoms with Crippen molar-refractivity contribution in [1.29, 1.82) is 0 Å². The maximum Gasteiger partial charge on any atom is 1.00 e. The van der Waals surface area contributed by atoms with Crippen LogP contribution in [0.2, 0.25) is 0 Å². The van der Waals surface area contributed by atoms with Gasteiger partial charge in [-0.2, -0.15) is 0 Å². The summed E-state index contributed by atoms with van der Waals surface area (Å²) < 4.78 is 5.11. The number of ether oxygens (including phenoxy) is 1. The average molecular weight is 216 g/mol. The Labute approximate surface area is 112 Å². The molecule has 1 aromatic carbocycles. The third-order valence-electron chi connectivity index (χ3n) is 1.98. The van der Waals surface area contributed by atoms with Gasteiger partial charge in [-0.3, -0.25) is 0 Å². The molecule has 0 N–H and O–H groups in total. The molecule has 76 valence electrons. The molecule has 0 spiro atoms. The summed E-state index contributed by atoms with van der Waals surface area (Å²) >= 11 is 0. The van der Waals surface area contributed by atoms with Gasteiger partial charge in [0.1, 0.15) is 11.9 Å². The van der Waals surface area contributed by atoms with Crippen molar-refractivity contribution in [2.45, 2.75) is 26.4 Å². The van der Waals surface area contributed by atoms with Gasteiger partial charge in [0.2, 0.25) is 0 Å². The maximum atomic E-state index is 10.4. The molecule has 0 amide bonds. The van der Waals surface area contributed by atoms with E-state index in [1.165, 1.54) is 12.5 Å². The van der Waals surface area contributed by atoms with E-state index in [0.29, 0.717) is 5.75 Å². The number of carbonyl (C=O) groups is 1. The summed E-state index contributed by atoms with van der Waals surface area (Å²) in [5.41, 5.74) is 1.19. The normalized spacial score (nSPS) is 11.3. The van der Waals surface area contributed by atoms with Gasteiger partial charge in [0.15, 0.2) is 0 Å². The van der Waals surface area contributed by atoms with Crippen molar-refractivity contribution in [2.24, 2.45) is 0 Å². The van der Waals surface area contributed by atoms with Crippen LogP contribution in [-0.4, -0.2) is 12.1 Å². The Bertz CT molecular complexity index is 308. The van der Waals surface area contributed by atoms with Crippen LogP contribution in [0.3, 0.4) is 0 Å². The van der Waals surface area contributed by atoms with E-state index in [1.54, 1.807) is 12.1 Å². The Hall–Kier alpha value is -0.510. The minimum atomic E-state index is -1.20. The van der Waals surface area contributed by atoms with Crippen molar-refractivity contribution < 1.29 is 44.2 Å². The van der Waals surface area contributed by atoms with Crippen LogP contribution in [0.1, 0.15) is 19.4 Å². The number of hydrogen-bond acceptors (Lipinski definition) is 3. The number of carboxylic acid groups (broad SMARTS) is 1. The Morgan fingerprint density at radius 1 is 1.40 bits per heavy atom. The van der Waals surface area contributed by atoms with Crippen molar-refractivity contribution in [3.63, 3.8) is 0 Å². The summed E-state index contributed by atoms with van der Waals surface area (Å²) in [7, 11) is 0. The van der Waals surface area contributed by atoms with E-state index in [-0.39, 0.29) is 29.6 Å². The van der Waals surface area contributed by atoms with Crippen molar-refractivity contribution in [1.82, 2.24) is 0 Å². The molecule has 1 unspecified atom stereocenters. The fraction of sp³-hybridized carbons (Fsp3) is 0.364. The molecular formula is C11H13NaO3. The van der Waals surface area contributed by atoms with Gasteiger partial charge in [-0.25, -0.2) is 0 Å². The largest absolute Gasteiger partial charge is 1.00 e. The van der Waals surface area contributed by atoms with Gasteiger partial charge in [-0.15, -0.1) is 0 Å². The van der Waals surface area contributed by atoms with Crippen LogP contribution in [0.5, 0.6) is 5.75 Å². The first-order chi connectivity index (χ1) is 6.63. The topological polar surface area (TPSA) is 49.4 Å².